The number of aryl methyl sites for hydroxylation is 1. The van der Waals surface area contributed by atoms with Gasteiger partial charge in [0.15, 0.2) is 11.5 Å². The van der Waals surface area contributed by atoms with Crippen LogP contribution in [0.2, 0.25) is 5.02 Å². The monoisotopic (exact) mass is 578 g/mol. The van der Waals surface area contributed by atoms with Crippen LogP contribution in [0.4, 0.5) is 5.69 Å². The molecule has 198 valence electrons. The topological polar surface area (TPSA) is 88.7 Å². The minimum atomic E-state index is -0.675. The number of aromatic amines is 1. The molecule has 0 spiro atoms. The quantitative estimate of drug-likeness (QED) is 0.292. The zero-order valence-corrected chi connectivity index (χ0v) is 23.4. The van der Waals surface area contributed by atoms with E-state index < -0.39 is 17.1 Å². The predicted molar refractivity (Wildman–Crippen MR) is 152 cm³/mol. The van der Waals surface area contributed by atoms with Gasteiger partial charge in [-0.2, -0.15) is 0 Å². The van der Waals surface area contributed by atoms with Crippen molar-refractivity contribution in [3.05, 3.63) is 103 Å². The fourth-order valence-corrected chi connectivity index (χ4v) is 7.84. The number of rotatable bonds is 6. The lowest BCUT2D eigenvalue weighted by molar-refractivity contribution is -0.122. The van der Waals surface area contributed by atoms with Gasteiger partial charge < -0.3 is 14.5 Å². The summed E-state index contributed by atoms with van der Waals surface area (Å²) in [6.07, 6.45) is 0. The molecule has 0 unspecified atom stereocenters. The van der Waals surface area contributed by atoms with Crippen LogP contribution >= 0.6 is 34.7 Å². The molecule has 10 heteroatoms. The summed E-state index contributed by atoms with van der Waals surface area (Å²) in [6, 6.07) is 20.2. The molecule has 3 aromatic carbocycles. The molecule has 2 aliphatic rings. The lowest BCUT2D eigenvalue weighted by Crippen LogP contribution is -2.32. The average Bonchev–Trinajstić information content (AvgIpc) is 3.42. The molecular formula is C29H23ClN2O5S2. The van der Waals surface area contributed by atoms with Gasteiger partial charge in [-0.3, -0.25) is 14.4 Å². The van der Waals surface area contributed by atoms with Crippen LogP contribution in [0.3, 0.4) is 0 Å². The van der Waals surface area contributed by atoms with Crippen molar-refractivity contribution in [2.75, 3.05) is 12.0 Å². The number of halogens is 1. The first-order valence-corrected chi connectivity index (χ1v) is 14.3. The van der Waals surface area contributed by atoms with Crippen LogP contribution in [0.15, 0.2) is 76.6 Å². The molecule has 3 heterocycles. The fraction of sp³-hybridized carbons (Fsp3) is 0.207. The molecule has 2 amide bonds. The van der Waals surface area contributed by atoms with Crippen molar-refractivity contribution in [1.82, 2.24) is 4.98 Å². The second kappa shape index (κ2) is 10.2. The van der Waals surface area contributed by atoms with Crippen molar-refractivity contribution < 1.29 is 19.1 Å². The number of thioether (sulfide) groups is 1. The number of nitrogens with zero attached hydrogens (tertiary/aromatic N) is 1. The Morgan fingerprint density at radius 3 is 2.51 bits per heavy atom. The zero-order chi connectivity index (χ0) is 27.3. The first-order chi connectivity index (χ1) is 18.8. The molecule has 0 radical (unpaired) electrons. The minimum absolute atomic E-state index is 0.221. The molecular weight excluding hydrogens is 556 g/mol. The van der Waals surface area contributed by atoms with Gasteiger partial charge in [0.05, 0.1) is 23.7 Å². The van der Waals surface area contributed by atoms with Gasteiger partial charge in [-0.1, -0.05) is 70.6 Å². The van der Waals surface area contributed by atoms with E-state index in [0.29, 0.717) is 33.8 Å². The van der Waals surface area contributed by atoms with Crippen LogP contribution in [-0.2, 0) is 16.2 Å². The molecule has 0 aliphatic carbocycles. The second-order valence-corrected chi connectivity index (χ2v) is 12.0. The summed E-state index contributed by atoms with van der Waals surface area (Å²) in [7, 11) is 1.55. The normalized spacial score (nSPS) is 20.1. The van der Waals surface area contributed by atoms with Crippen molar-refractivity contribution in [2.24, 2.45) is 5.92 Å². The summed E-state index contributed by atoms with van der Waals surface area (Å²) in [5, 5.41) is 0.592. The van der Waals surface area contributed by atoms with E-state index in [9.17, 15) is 14.4 Å². The summed E-state index contributed by atoms with van der Waals surface area (Å²) < 4.78 is 11.7. The zero-order valence-electron chi connectivity index (χ0n) is 21.0. The Labute approximate surface area is 237 Å². The maximum Gasteiger partial charge on any atom is 0.305 e. The number of carbonyl (C=O) groups is 2. The van der Waals surface area contributed by atoms with E-state index in [4.69, 9.17) is 21.1 Å². The highest BCUT2D eigenvalue weighted by atomic mass is 35.5. The number of methoxy groups -OCH3 is 1. The number of anilines is 1. The Morgan fingerprint density at radius 2 is 1.77 bits per heavy atom. The van der Waals surface area contributed by atoms with E-state index in [0.717, 1.165) is 32.9 Å². The molecule has 1 aromatic heterocycles. The van der Waals surface area contributed by atoms with E-state index in [2.05, 4.69) is 4.98 Å². The van der Waals surface area contributed by atoms with Gasteiger partial charge in [0.25, 0.3) is 0 Å². The molecule has 6 rings (SSSR count). The maximum atomic E-state index is 13.9. The van der Waals surface area contributed by atoms with E-state index >= 15 is 0 Å². The smallest absolute Gasteiger partial charge is 0.305 e. The van der Waals surface area contributed by atoms with Gasteiger partial charge in [-0.25, -0.2) is 4.90 Å². The summed E-state index contributed by atoms with van der Waals surface area (Å²) in [5.74, 6) is -0.724. The van der Waals surface area contributed by atoms with Crippen molar-refractivity contribution in [2.45, 2.75) is 29.7 Å². The van der Waals surface area contributed by atoms with Crippen LogP contribution in [0.5, 0.6) is 11.5 Å². The maximum absolute atomic E-state index is 13.9. The molecule has 1 saturated heterocycles. The molecule has 7 nitrogen and oxygen atoms in total. The third-order valence-corrected chi connectivity index (χ3v) is 9.58. The Hall–Kier alpha value is -3.53. The van der Waals surface area contributed by atoms with Crippen molar-refractivity contribution >= 4 is 52.2 Å². The Kier molecular flexibility index (Phi) is 6.74. The van der Waals surface area contributed by atoms with Crippen LogP contribution < -0.4 is 19.2 Å². The summed E-state index contributed by atoms with van der Waals surface area (Å²) in [5.41, 5.74) is 3.25. The van der Waals surface area contributed by atoms with Gasteiger partial charge in [-0.15, -0.1) is 0 Å². The number of amides is 2. The van der Waals surface area contributed by atoms with Crippen LogP contribution in [0.1, 0.15) is 27.5 Å². The number of thiazole rings is 1. The molecule has 39 heavy (non-hydrogen) atoms. The first-order valence-electron chi connectivity index (χ1n) is 12.2. The van der Waals surface area contributed by atoms with Gasteiger partial charge in [0.1, 0.15) is 11.9 Å². The van der Waals surface area contributed by atoms with E-state index in [1.807, 2.05) is 49.4 Å². The molecule has 3 atom stereocenters. The second-order valence-electron chi connectivity index (χ2n) is 9.43. The molecule has 1 fully saturated rings. The SMILES string of the molecule is COc1cc([C@@H]2c3sc(=O)[nH]c3S[C@H]3C(=O)N(c4ccc(C)cc4)C(=O)[C@@H]23)ccc1OCc1cccc(Cl)c1. The Morgan fingerprint density at radius 1 is 0.974 bits per heavy atom. The number of imide groups is 1. The summed E-state index contributed by atoms with van der Waals surface area (Å²) >= 11 is 8.43. The number of hydrogen-bond acceptors (Lipinski definition) is 7. The highest BCUT2D eigenvalue weighted by Crippen LogP contribution is 2.53. The van der Waals surface area contributed by atoms with Crippen LogP contribution in [-0.4, -0.2) is 29.2 Å². The molecule has 2 aliphatic heterocycles. The molecule has 4 aromatic rings. The molecule has 0 bridgehead atoms. The van der Waals surface area contributed by atoms with E-state index in [-0.39, 0.29) is 16.7 Å². The Bertz CT molecular complexity index is 1650. The van der Waals surface area contributed by atoms with Gasteiger partial charge >= 0.3 is 4.87 Å². The number of benzene rings is 3. The Balaban J connectivity index is 1.37. The first kappa shape index (κ1) is 25.7. The third kappa shape index (κ3) is 4.64. The fourth-order valence-electron chi connectivity index (χ4n) is 5.11. The van der Waals surface area contributed by atoms with Crippen LogP contribution in [0, 0.1) is 12.8 Å². The number of fused-ring (bicyclic) bond motifs is 2. The number of hydrogen-bond donors (Lipinski definition) is 1. The van der Waals surface area contributed by atoms with E-state index in [1.54, 1.807) is 31.4 Å². The summed E-state index contributed by atoms with van der Waals surface area (Å²) in [6.45, 7) is 2.25. The average molecular weight is 579 g/mol. The lowest BCUT2D eigenvalue weighted by atomic mass is 9.83. The predicted octanol–water partition coefficient (Wildman–Crippen LogP) is 5.78. The lowest BCUT2D eigenvalue weighted by Gasteiger charge is -2.30. The van der Waals surface area contributed by atoms with Gasteiger partial charge in [0.2, 0.25) is 11.8 Å². The molecule has 1 N–H and O–H groups in total. The largest absolute Gasteiger partial charge is 0.493 e. The highest BCUT2D eigenvalue weighted by Gasteiger charge is 2.56. The van der Waals surface area contributed by atoms with Crippen LogP contribution in [0.25, 0.3) is 0 Å². The minimum Gasteiger partial charge on any atom is -0.493 e. The third-order valence-electron chi connectivity index (χ3n) is 6.95. The molecule has 0 saturated carbocycles. The number of aromatic nitrogens is 1. The van der Waals surface area contributed by atoms with Crippen molar-refractivity contribution in [3.8, 4) is 11.5 Å². The van der Waals surface area contributed by atoms with Crippen molar-refractivity contribution in [3.63, 3.8) is 0 Å². The van der Waals surface area contributed by atoms with Gasteiger partial charge in [0, 0.05) is 15.8 Å². The number of carbonyl (C=O) groups excluding carboxylic acids is 2. The standard InChI is InChI=1S/C29H23ClN2O5S2/c1-15-6-9-19(10-7-15)32-27(33)23-22(24-26(31-29(35)39-24)38-25(23)28(32)34)17-8-11-20(21(13-17)36-2)37-14-16-4-3-5-18(30)12-16/h3-13,22-23,25H,14H2,1-2H3,(H,31,35)/t22-,23-,25+/m0/s1. The van der Waals surface area contributed by atoms with Crippen molar-refractivity contribution in [1.29, 1.82) is 0 Å². The number of nitrogens with one attached hydrogen (secondary N) is 1. The highest BCUT2D eigenvalue weighted by molar-refractivity contribution is 8.00. The number of H-pyrrole nitrogens is 1. The number of ether oxygens (including phenoxy) is 2. The van der Waals surface area contributed by atoms with E-state index in [1.165, 1.54) is 16.7 Å². The van der Waals surface area contributed by atoms with Gasteiger partial charge in [-0.05, 0) is 54.4 Å². The summed E-state index contributed by atoms with van der Waals surface area (Å²) in [4.78, 5) is 44.5.